The summed E-state index contributed by atoms with van der Waals surface area (Å²) in [4.78, 5) is 3.82. The topological polar surface area (TPSA) is 83.2 Å². The van der Waals surface area contributed by atoms with Crippen LogP contribution in [0.2, 0.25) is 0 Å². The molecule has 118 valence electrons. The molecule has 2 rings (SSSR count). The molecule has 0 aliphatic heterocycles. The fraction of sp³-hybridized carbons (Fsp3) is 0.312. The number of nitrogen functional groups attached to an aromatic ring is 1. The minimum absolute atomic E-state index is 0.120. The Morgan fingerprint density at radius 1 is 1.27 bits per heavy atom. The van der Waals surface area contributed by atoms with E-state index in [1.165, 1.54) is 12.3 Å². The van der Waals surface area contributed by atoms with Gasteiger partial charge < -0.3 is 16.2 Å². The number of aliphatic hydroxyl groups is 1. The van der Waals surface area contributed by atoms with Crippen molar-refractivity contribution in [1.29, 1.82) is 0 Å². The van der Waals surface area contributed by atoms with Crippen molar-refractivity contribution in [2.24, 2.45) is 0 Å². The summed E-state index contributed by atoms with van der Waals surface area (Å²) in [5, 5.41) is 16.3. The number of nitrogens with two attached hydrogens (primary N) is 1. The maximum absolute atomic E-state index is 13.5. The van der Waals surface area contributed by atoms with Crippen LogP contribution >= 0.6 is 0 Å². The maximum Gasteiger partial charge on any atom is 0.165 e. The summed E-state index contributed by atoms with van der Waals surface area (Å²) in [5.74, 6) is -0.669. The number of anilines is 1. The number of nitrogens with zero attached hydrogens (tertiary/aromatic N) is 1. The standard InChI is InChI=1S/C16H21FN4O/c1-2-19-6-7-20-16(22)12-5-3-4-11(8-12)13-9-14(17)15(18)21-10-13/h3-5,8-10,16,19-20,22H,2,6-7H2,1H3,(H2,18,21). The number of halogens is 1. The van der Waals surface area contributed by atoms with Gasteiger partial charge >= 0.3 is 0 Å². The number of pyridine rings is 1. The first-order valence-corrected chi connectivity index (χ1v) is 7.25. The molecule has 1 unspecified atom stereocenters. The number of likely N-dealkylation sites (N-methyl/N-ethyl adjacent to an activating group) is 1. The van der Waals surface area contributed by atoms with Gasteiger partial charge in [0.2, 0.25) is 0 Å². The van der Waals surface area contributed by atoms with E-state index in [0.717, 1.165) is 18.7 Å². The van der Waals surface area contributed by atoms with Crippen LogP contribution < -0.4 is 16.4 Å². The van der Waals surface area contributed by atoms with Crippen LogP contribution in [0, 0.1) is 5.82 Å². The highest BCUT2D eigenvalue weighted by Gasteiger charge is 2.09. The van der Waals surface area contributed by atoms with Gasteiger partial charge in [0.25, 0.3) is 0 Å². The molecule has 1 atom stereocenters. The van der Waals surface area contributed by atoms with E-state index in [2.05, 4.69) is 15.6 Å². The highest BCUT2D eigenvalue weighted by molar-refractivity contribution is 5.64. The molecule has 2 aromatic rings. The Morgan fingerprint density at radius 2 is 2.09 bits per heavy atom. The average Bonchev–Trinajstić information content (AvgIpc) is 2.54. The van der Waals surface area contributed by atoms with Crippen molar-refractivity contribution in [2.45, 2.75) is 13.2 Å². The third-order valence-corrected chi connectivity index (χ3v) is 3.29. The second-order valence-corrected chi connectivity index (χ2v) is 4.93. The maximum atomic E-state index is 13.5. The van der Waals surface area contributed by atoms with Crippen molar-refractivity contribution in [3.8, 4) is 11.1 Å². The Hall–Kier alpha value is -2.02. The molecular formula is C16H21FN4O. The predicted molar refractivity (Wildman–Crippen MR) is 85.5 cm³/mol. The molecule has 1 aromatic carbocycles. The fourth-order valence-electron chi connectivity index (χ4n) is 2.09. The van der Waals surface area contributed by atoms with Gasteiger partial charge in [0.05, 0.1) is 0 Å². The van der Waals surface area contributed by atoms with Crippen molar-refractivity contribution in [2.75, 3.05) is 25.4 Å². The first-order chi connectivity index (χ1) is 10.6. The molecule has 6 heteroatoms. The smallest absolute Gasteiger partial charge is 0.165 e. The van der Waals surface area contributed by atoms with Crippen molar-refractivity contribution in [1.82, 2.24) is 15.6 Å². The largest absolute Gasteiger partial charge is 0.381 e. The van der Waals surface area contributed by atoms with Crippen LogP contribution in [0.25, 0.3) is 11.1 Å². The van der Waals surface area contributed by atoms with E-state index < -0.39 is 12.0 Å². The van der Waals surface area contributed by atoms with E-state index in [4.69, 9.17) is 5.73 Å². The summed E-state index contributed by atoms with van der Waals surface area (Å²) < 4.78 is 13.5. The molecule has 1 heterocycles. The zero-order chi connectivity index (χ0) is 15.9. The summed E-state index contributed by atoms with van der Waals surface area (Å²) >= 11 is 0. The molecule has 0 radical (unpaired) electrons. The number of aliphatic hydroxyl groups excluding tert-OH is 1. The first-order valence-electron chi connectivity index (χ1n) is 7.25. The molecule has 0 aliphatic rings. The van der Waals surface area contributed by atoms with Gasteiger partial charge in [0.1, 0.15) is 6.23 Å². The summed E-state index contributed by atoms with van der Waals surface area (Å²) in [6.45, 7) is 4.35. The molecule has 5 N–H and O–H groups in total. The van der Waals surface area contributed by atoms with Gasteiger partial charge in [-0.3, -0.25) is 5.32 Å². The molecule has 0 spiro atoms. The van der Waals surface area contributed by atoms with E-state index in [0.29, 0.717) is 17.7 Å². The third kappa shape index (κ3) is 4.24. The molecule has 0 fully saturated rings. The molecule has 0 saturated heterocycles. The summed E-state index contributed by atoms with van der Waals surface area (Å²) in [6.07, 6.45) is 0.743. The summed E-state index contributed by atoms with van der Waals surface area (Å²) in [5.41, 5.74) is 7.49. The lowest BCUT2D eigenvalue weighted by Gasteiger charge is -2.14. The monoisotopic (exact) mass is 304 g/mol. The van der Waals surface area contributed by atoms with Crippen LogP contribution in [0.15, 0.2) is 36.5 Å². The zero-order valence-corrected chi connectivity index (χ0v) is 12.5. The van der Waals surface area contributed by atoms with E-state index >= 15 is 0 Å². The first kappa shape index (κ1) is 16.4. The molecule has 0 saturated carbocycles. The second-order valence-electron chi connectivity index (χ2n) is 4.93. The molecule has 0 aliphatic carbocycles. The van der Waals surface area contributed by atoms with Crippen molar-refractivity contribution in [3.05, 3.63) is 47.9 Å². The van der Waals surface area contributed by atoms with Gasteiger partial charge in [-0.1, -0.05) is 25.1 Å². The van der Waals surface area contributed by atoms with Gasteiger partial charge in [-0.05, 0) is 29.8 Å². The van der Waals surface area contributed by atoms with Gasteiger partial charge in [0, 0.05) is 24.8 Å². The Labute approximate surface area is 129 Å². The van der Waals surface area contributed by atoms with Crippen molar-refractivity contribution in [3.63, 3.8) is 0 Å². The van der Waals surface area contributed by atoms with Crippen LogP contribution in [-0.4, -0.2) is 29.7 Å². The Morgan fingerprint density at radius 3 is 2.82 bits per heavy atom. The minimum atomic E-state index is -0.773. The lowest BCUT2D eigenvalue weighted by atomic mass is 10.0. The Kier molecular flexibility index (Phi) is 5.83. The molecule has 5 nitrogen and oxygen atoms in total. The van der Waals surface area contributed by atoms with E-state index in [9.17, 15) is 9.50 Å². The van der Waals surface area contributed by atoms with Gasteiger partial charge in [-0.15, -0.1) is 0 Å². The molecule has 22 heavy (non-hydrogen) atoms. The second kappa shape index (κ2) is 7.84. The highest BCUT2D eigenvalue weighted by Crippen LogP contribution is 2.23. The summed E-state index contributed by atoms with van der Waals surface area (Å²) in [6, 6.07) is 8.61. The summed E-state index contributed by atoms with van der Waals surface area (Å²) in [7, 11) is 0. The molecule has 1 aromatic heterocycles. The van der Waals surface area contributed by atoms with Crippen LogP contribution in [-0.2, 0) is 0 Å². The predicted octanol–water partition coefficient (Wildman–Crippen LogP) is 1.66. The lowest BCUT2D eigenvalue weighted by Crippen LogP contribution is -2.30. The zero-order valence-electron chi connectivity index (χ0n) is 12.5. The Bertz CT molecular complexity index is 621. The van der Waals surface area contributed by atoms with E-state index in [1.807, 2.05) is 25.1 Å². The quantitative estimate of drug-likeness (QED) is 0.462. The van der Waals surface area contributed by atoms with Crippen molar-refractivity contribution < 1.29 is 9.50 Å². The van der Waals surface area contributed by atoms with Gasteiger partial charge in [-0.2, -0.15) is 0 Å². The molecule has 0 bridgehead atoms. The number of aromatic nitrogens is 1. The normalized spacial score (nSPS) is 12.3. The SMILES string of the molecule is CCNCCNC(O)c1cccc(-c2cnc(N)c(F)c2)c1. The Balaban J connectivity index is 2.10. The lowest BCUT2D eigenvalue weighted by molar-refractivity contribution is 0.140. The number of hydrogen-bond acceptors (Lipinski definition) is 5. The van der Waals surface area contributed by atoms with E-state index in [1.54, 1.807) is 6.07 Å². The fourth-order valence-corrected chi connectivity index (χ4v) is 2.09. The number of nitrogens with one attached hydrogen (secondary N) is 2. The molecule has 0 amide bonds. The molecular weight excluding hydrogens is 283 g/mol. The third-order valence-electron chi connectivity index (χ3n) is 3.29. The van der Waals surface area contributed by atoms with Crippen LogP contribution in [0.3, 0.4) is 0 Å². The number of benzene rings is 1. The average molecular weight is 304 g/mol. The van der Waals surface area contributed by atoms with E-state index in [-0.39, 0.29) is 5.82 Å². The number of hydrogen-bond donors (Lipinski definition) is 4. The highest BCUT2D eigenvalue weighted by atomic mass is 19.1. The van der Waals surface area contributed by atoms with Crippen LogP contribution in [0.1, 0.15) is 18.7 Å². The van der Waals surface area contributed by atoms with Crippen LogP contribution in [0.4, 0.5) is 10.2 Å². The van der Waals surface area contributed by atoms with Crippen molar-refractivity contribution >= 4 is 5.82 Å². The van der Waals surface area contributed by atoms with Gasteiger partial charge in [0.15, 0.2) is 11.6 Å². The number of rotatable bonds is 7. The minimum Gasteiger partial charge on any atom is -0.381 e. The van der Waals surface area contributed by atoms with Gasteiger partial charge in [-0.25, -0.2) is 9.37 Å². The van der Waals surface area contributed by atoms with Crippen LogP contribution in [0.5, 0.6) is 0 Å².